The largest absolute Gasteiger partial charge is 0.354 e. The number of amides is 1. The summed E-state index contributed by atoms with van der Waals surface area (Å²) in [6.07, 6.45) is 5.42. The maximum atomic E-state index is 10.9. The number of hydrogen-bond acceptors (Lipinski definition) is 1. The lowest BCUT2D eigenvalue weighted by Gasteiger charge is -2.16. The first kappa shape index (κ1) is 7.58. The normalized spacial score (nSPS) is 28.5. The average Bonchev–Trinajstić information content (AvgIpc) is 1.83. The van der Waals surface area contributed by atoms with Gasteiger partial charge in [-0.1, -0.05) is 12.8 Å². The van der Waals surface area contributed by atoms with Crippen molar-refractivity contribution in [1.82, 2.24) is 5.32 Å². The Labute approximate surface area is 62.0 Å². The zero-order valence-corrected chi connectivity index (χ0v) is 6.52. The van der Waals surface area contributed by atoms with Crippen LogP contribution in [0.25, 0.3) is 0 Å². The van der Waals surface area contributed by atoms with Gasteiger partial charge in [0, 0.05) is 12.5 Å². The van der Waals surface area contributed by atoms with Crippen molar-refractivity contribution in [2.45, 2.75) is 45.1 Å². The van der Waals surface area contributed by atoms with Gasteiger partial charge in [-0.05, 0) is 19.8 Å². The molecule has 1 fully saturated rings. The minimum absolute atomic E-state index is 0.229. The first-order chi connectivity index (χ1) is 4.79. The van der Waals surface area contributed by atoms with Crippen LogP contribution in [-0.2, 0) is 4.79 Å². The Bertz CT molecular complexity index is 122. The van der Waals surface area contributed by atoms with Crippen LogP contribution in [-0.4, -0.2) is 11.9 Å². The second-order valence-electron chi connectivity index (χ2n) is 3.07. The van der Waals surface area contributed by atoms with Crippen LogP contribution in [0.4, 0.5) is 0 Å². The molecule has 1 aliphatic rings. The molecule has 2 heteroatoms. The molecule has 1 heterocycles. The van der Waals surface area contributed by atoms with Crippen LogP contribution in [0, 0.1) is 0 Å². The Hall–Kier alpha value is -0.530. The van der Waals surface area contributed by atoms with Gasteiger partial charge in [-0.15, -0.1) is 0 Å². The predicted octanol–water partition coefficient (Wildman–Crippen LogP) is 1.46. The Balaban J connectivity index is 2.32. The van der Waals surface area contributed by atoms with E-state index in [2.05, 4.69) is 12.2 Å². The number of hydrogen-bond donors (Lipinski definition) is 1. The summed E-state index contributed by atoms with van der Waals surface area (Å²) in [5, 5.41) is 2.94. The van der Waals surface area contributed by atoms with Crippen molar-refractivity contribution in [2.75, 3.05) is 0 Å². The third-order valence-corrected chi connectivity index (χ3v) is 1.95. The van der Waals surface area contributed by atoms with Crippen LogP contribution in [0.1, 0.15) is 39.0 Å². The van der Waals surface area contributed by atoms with Crippen LogP contribution < -0.4 is 5.32 Å². The highest BCUT2D eigenvalue weighted by Crippen LogP contribution is 2.09. The molecule has 1 rings (SSSR count). The van der Waals surface area contributed by atoms with Crippen LogP contribution >= 0.6 is 0 Å². The molecule has 1 unspecified atom stereocenters. The molecule has 0 spiro atoms. The molecule has 1 N–H and O–H groups in total. The molecule has 2 nitrogen and oxygen atoms in total. The number of carbonyl (C=O) groups is 1. The summed E-state index contributed by atoms with van der Waals surface area (Å²) in [5.41, 5.74) is 0. The molecule has 0 saturated carbocycles. The topological polar surface area (TPSA) is 29.1 Å². The minimum Gasteiger partial charge on any atom is -0.354 e. The minimum atomic E-state index is 0.229. The maximum absolute atomic E-state index is 10.9. The van der Waals surface area contributed by atoms with Crippen molar-refractivity contribution in [3.05, 3.63) is 0 Å². The molecule has 58 valence electrons. The van der Waals surface area contributed by atoms with E-state index in [0.29, 0.717) is 6.04 Å². The zero-order valence-electron chi connectivity index (χ0n) is 6.52. The molecule has 10 heavy (non-hydrogen) atoms. The standard InChI is InChI=1S/C8H15NO/c1-7-5-3-2-4-6-8(10)9-7/h7H,2-6H2,1H3,(H,9,10). The van der Waals surface area contributed by atoms with E-state index < -0.39 is 0 Å². The molecule has 0 bridgehead atoms. The van der Waals surface area contributed by atoms with E-state index in [4.69, 9.17) is 0 Å². The van der Waals surface area contributed by atoms with Gasteiger partial charge in [-0.2, -0.15) is 0 Å². The SMILES string of the molecule is CC1CCCCCC(=O)N1. The Morgan fingerprint density at radius 1 is 1.40 bits per heavy atom. The molecule has 1 aliphatic heterocycles. The lowest BCUT2D eigenvalue weighted by Crippen LogP contribution is -2.33. The Morgan fingerprint density at radius 2 is 2.20 bits per heavy atom. The van der Waals surface area contributed by atoms with E-state index >= 15 is 0 Å². The van der Waals surface area contributed by atoms with E-state index in [1.54, 1.807) is 0 Å². The molecule has 0 radical (unpaired) electrons. The number of carbonyl (C=O) groups excluding carboxylic acids is 1. The third-order valence-electron chi connectivity index (χ3n) is 1.95. The van der Waals surface area contributed by atoms with E-state index in [9.17, 15) is 4.79 Å². The van der Waals surface area contributed by atoms with E-state index in [-0.39, 0.29) is 5.91 Å². The van der Waals surface area contributed by atoms with E-state index in [1.165, 1.54) is 12.8 Å². The average molecular weight is 141 g/mol. The van der Waals surface area contributed by atoms with E-state index in [0.717, 1.165) is 19.3 Å². The summed E-state index contributed by atoms with van der Waals surface area (Å²) in [5.74, 6) is 0.229. The first-order valence-electron chi connectivity index (χ1n) is 4.08. The molecule has 0 aliphatic carbocycles. The van der Waals surface area contributed by atoms with Crippen molar-refractivity contribution >= 4 is 5.91 Å². The molecule has 0 aromatic heterocycles. The summed E-state index contributed by atoms with van der Waals surface area (Å²) in [7, 11) is 0. The highest BCUT2D eigenvalue weighted by molar-refractivity contribution is 5.76. The quantitative estimate of drug-likeness (QED) is 0.543. The van der Waals surface area contributed by atoms with Gasteiger partial charge in [-0.25, -0.2) is 0 Å². The first-order valence-corrected chi connectivity index (χ1v) is 4.08. The second-order valence-corrected chi connectivity index (χ2v) is 3.07. The van der Waals surface area contributed by atoms with Crippen molar-refractivity contribution in [2.24, 2.45) is 0 Å². The summed E-state index contributed by atoms with van der Waals surface area (Å²) in [6.45, 7) is 2.07. The maximum Gasteiger partial charge on any atom is 0.220 e. The number of nitrogens with one attached hydrogen (secondary N) is 1. The van der Waals surface area contributed by atoms with Gasteiger partial charge >= 0.3 is 0 Å². The smallest absolute Gasteiger partial charge is 0.220 e. The molecular weight excluding hydrogens is 126 g/mol. The van der Waals surface area contributed by atoms with Crippen LogP contribution in [0.15, 0.2) is 0 Å². The van der Waals surface area contributed by atoms with Gasteiger partial charge in [0.25, 0.3) is 0 Å². The molecule has 1 atom stereocenters. The summed E-state index contributed by atoms with van der Waals surface area (Å²) in [4.78, 5) is 10.9. The van der Waals surface area contributed by atoms with Crippen molar-refractivity contribution in [3.8, 4) is 0 Å². The molecule has 1 amide bonds. The van der Waals surface area contributed by atoms with Gasteiger partial charge in [0.1, 0.15) is 0 Å². The fourth-order valence-corrected chi connectivity index (χ4v) is 1.33. The van der Waals surface area contributed by atoms with Crippen molar-refractivity contribution in [3.63, 3.8) is 0 Å². The van der Waals surface area contributed by atoms with Crippen molar-refractivity contribution < 1.29 is 4.79 Å². The summed E-state index contributed by atoms with van der Waals surface area (Å²) >= 11 is 0. The predicted molar refractivity (Wildman–Crippen MR) is 40.7 cm³/mol. The summed E-state index contributed by atoms with van der Waals surface area (Å²) in [6, 6.07) is 0.396. The van der Waals surface area contributed by atoms with E-state index in [1.807, 2.05) is 0 Å². The van der Waals surface area contributed by atoms with Gasteiger partial charge < -0.3 is 5.32 Å². The Morgan fingerprint density at radius 3 is 3.00 bits per heavy atom. The monoisotopic (exact) mass is 141 g/mol. The molecule has 0 aromatic rings. The summed E-state index contributed by atoms with van der Waals surface area (Å²) < 4.78 is 0. The van der Waals surface area contributed by atoms with Crippen LogP contribution in [0.5, 0.6) is 0 Å². The van der Waals surface area contributed by atoms with Gasteiger partial charge in [0.15, 0.2) is 0 Å². The van der Waals surface area contributed by atoms with Crippen LogP contribution in [0.3, 0.4) is 0 Å². The number of rotatable bonds is 0. The van der Waals surface area contributed by atoms with Gasteiger partial charge in [0.2, 0.25) is 5.91 Å². The third kappa shape index (κ3) is 2.38. The second kappa shape index (κ2) is 3.59. The fraction of sp³-hybridized carbons (Fsp3) is 0.875. The fourth-order valence-electron chi connectivity index (χ4n) is 1.33. The highest BCUT2D eigenvalue weighted by atomic mass is 16.1. The lowest BCUT2D eigenvalue weighted by atomic mass is 10.1. The molecular formula is C8H15NO. The zero-order chi connectivity index (χ0) is 7.40. The lowest BCUT2D eigenvalue weighted by molar-refractivity contribution is -0.122. The Kier molecular flexibility index (Phi) is 2.72. The van der Waals surface area contributed by atoms with Gasteiger partial charge in [-0.3, -0.25) is 4.79 Å². The highest BCUT2D eigenvalue weighted by Gasteiger charge is 2.09. The van der Waals surface area contributed by atoms with Gasteiger partial charge in [0.05, 0.1) is 0 Å². The molecule has 1 saturated heterocycles. The molecule has 0 aromatic carbocycles. The van der Waals surface area contributed by atoms with Crippen LogP contribution in [0.2, 0.25) is 0 Å². The van der Waals surface area contributed by atoms with Crippen molar-refractivity contribution in [1.29, 1.82) is 0 Å².